The second-order valence-electron chi connectivity index (χ2n) is 4.98. The van der Waals surface area contributed by atoms with Crippen molar-refractivity contribution in [3.63, 3.8) is 0 Å². The van der Waals surface area contributed by atoms with Crippen molar-refractivity contribution in [2.75, 3.05) is 30.3 Å². The lowest BCUT2D eigenvalue weighted by atomic mass is 10.2. The Labute approximate surface area is 115 Å². The summed E-state index contributed by atoms with van der Waals surface area (Å²) in [6, 6.07) is 1.97. The number of aromatic nitrogens is 2. The molecule has 1 aromatic heterocycles. The maximum Gasteiger partial charge on any atom is 0.131 e. The summed E-state index contributed by atoms with van der Waals surface area (Å²) in [5, 5.41) is 6.67. The predicted molar refractivity (Wildman–Crippen MR) is 77.6 cm³/mol. The van der Waals surface area contributed by atoms with Gasteiger partial charge in [0.1, 0.15) is 17.5 Å². The Hall–Kier alpha value is -1.36. The molecule has 0 bridgehead atoms. The number of hydrogen-bond acceptors (Lipinski definition) is 5. The fourth-order valence-electron chi connectivity index (χ4n) is 2.17. The van der Waals surface area contributed by atoms with Crippen molar-refractivity contribution in [3.8, 4) is 0 Å². The van der Waals surface area contributed by atoms with Crippen LogP contribution in [0.2, 0.25) is 0 Å². The molecular formula is C14H24N4O. The van der Waals surface area contributed by atoms with Gasteiger partial charge in [-0.05, 0) is 26.2 Å². The summed E-state index contributed by atoms with van der Waals surface area (Å²) in [6.07, 6.45) is 4.97. The highest BCUT2D eigenvalue weighted by molar-refractivity contribution is 5.47. The van der Waals surface area contributed by atoms with E-state index >= 15 is 0 Å². The molecule has 1 unspecified atom stereocenters. The molecule has 0 amide bonds. The predicted octanol–water partition coefficient (Wildman–Crippen LogP) is 2.59. The number of anilines is 2. The third-order valence-corrected chi connectivity index (χ3v) is 3.21. The Morgan fingerprint density at radius 1 is 1.32 bits per heavy atom. The fourth-order valence-corrected chi connectivity index (χ4v) is 2.17. The van der Waals surface area contributed by atoms with Crippen molar-refractivity contribution in [2.24, 2.45) is 0 Å². The number of nitrogens with one attached hydrogen (secondary N) is 2. The van der Waals surface area contributed by atoms with E-state index in [9.17, 15) is 0 Å². The summed E-state index contributed by atoms with van der Waals surface area (Å²) in [7, 11) is 0. The van der Waals surface area contributed by atoms with Crippen molar-refractivity contribution in [3.05, 3.63) is 11.9 Å². The molecule has 1 saturated heterocycles. The van der Waals surface area contributed by atoms with E-state index in [1.807, 2.05) is 13.0 Å². The first kappa shape index (κ1) is 14.1. The number of aryl methyl sites for hydroxylation is 1. The number of hydrogen-bond donors (Lipinski definition) is 2. The Kier molecular flexibility index (Phi) is 5.39. The lowest BCUT2D eigenvalue weighted by Gasteiger charge is -2.13. The average molecular weight is 264 g/mol. The van der Waals surface area contributed by atoms with Gasteiger partial charge in [-0.2, -0.15) is 0 Å². The van der Waals surface area contributed by atoms with Crippen LogP contribution in [-0.4, -0.2) is 35.8 Å². The summed E-state index contributed by atoms with van der Waals surface area (Å²) in [5.41, 5.74) is 0. The van der Waals surface area contributed by atoms with E-state index in [2.05, 4.69) is 27.5 Å². The molecule has 2 heterocycles. The van der Waals surface area contributed by atoms with Crippen LogP contribution in [0.1, 0.15) is 38.4 Å². The number of ether oxygens (including phenoxy) is 1. The van der Waals surface area contributed by atoms with E-state index < -0.39 is 0 Å². The van der Waals surface area contributed by atoms with E-state index in [0.29, 0.717) is 6.10 Å². The first-order valence-electron chi connectivity index (χ1n) is 7.23. The fraction of sp³-hybridized carbons (Fsp3) is 0.714. The van der Waals surface area contributed by atoms with Gasteiger partial charge >= 0.3 is 0 Å². The maximum absolute atomic E-state index is 5.59. The molecule has 1 aliphatic heterocycles. The molecule has 1 atom stereocenters. The molecule has 19 heavy (non-hydrogen) atoms. The second-order valence-corrected chi connectivity index (χ2v) is 4.98. The van der Waals surface area contributed by atoms with Gasteiger partial charge in [-0.3, -0.25) is 0 Å². The zero-order valence-electron chi connectivity index (χ0n) is 11.9. The van der Waals surface area contributed by atoms with Crippen molar-refractivity contribution in [1.82, 2.24) is 9.97 Å². The molecule has 0 spiro atoms. The van der Waals surface area contributed by atoms with Crippen LogP contribution in [0, 0.1) is 6.92 Å². The maximum atomic E-state index is 5.59. The van der Waals surface area contributed by atoms with Gasteiger partial charge in [0.2, 0.25) is 0 Å². The van der Waals surface area contributed by atoms with Gasteiger partial charge in [0.25, 0.3) is 0 Å². The normalized spacial score (nSPS) is 18.5. The summed E-state index contributed by atoms with van der Waals surface area (Å²) in [6.45, 7) is 6.77. The van der Waals surface area contributed by atoms with Gasteiger partial charge in [-0.15, -0.1) is 0 Å². The van der Waals surface area contributed by atoms with Crippen molar-refractivity contribution >= 4 is 11.6 Å². The van der Waals surface area contributed by atoms with Crippen LogP contribution < -0.4 is 10.6 Å². The minimum absolute atomic E-state index is 0.326. The molecule has 5 heteroatoms. The highest BCUT2D eigenvalue weighted by Gasteiger charge is 2.15. The number of rotatable bonds is 7. The molecule has 106 valence electrons. The minimum atomic E-state index is 0.326. The summed E-state index contributed by atoms with van der Waals surface area (Å²) in [5.74, 6) is 2.56. The Bertz CT molecular complexity index is 391. The molecule has 2 N–H and O–H groups in total. The van der Waals surface area contributed by atoms with Crippen LogP contribution in [0.15, 0.2) is 6.07 Å². The van der Waals surface area contributed by atoms with E-state index in [1.54, 1.807) is 0 Å². The van der Waals surface area contributed by atoms with Gasteiger partial charge in [0, 0.05) is 25.8 Å². The molecular weight excluding hydrogens is 240 g/mol. The third-order valence-electron chi connectivity index (χ3n) is 3.21. The van der Waals surface area contributed by atoms with Crippen LogP contribution in [0.4, 0.5) is 11.6 Å². The minimum Gasteiger partial charge on any atom is -0.376 e. The molecule has 5 nitrogen and oxygen atoms in total. The first-order chi connectivity index (χ1) is 9.28. The van der Waals surface area contributed by atoms with Gasteiger partial charge in [0.15, 0.2) is 0 Å². The van der Waals surface area contributed by atoms with Gasteiger partial charge in [0.05, 0.1) is 6.10 Å². The molecule has 1 fully saturated rings. The number of unbranched alkanes of at least 4 members (excludes halogenated alkanes) is 1. The lowest BCUT2D eigenvalue weighted by molar-refractivity contribution is 0.120. The molecule has 0 saturated carbocycles. The summed E-state index contributed by atoms with van der Waals surface area (Å²) in [4.78, 5) is 8.80. The van der Waals surface area contributed by atoms with Crippen LogP contribution in [0.25, 0.3) is 0 Å². The zero-order chi connectivity index (χ0) is 13.5. The zero-order valence-corrected chi connectivity index (χ0v) is 11.9. The van der Waals surface area contributed by atoms with Crippen LogP contribution in [-0.2, 0) is 4.74 Å². The van der Waals surface area contributed by atoms with Crippen molar-refractivity contribution in [2.45, 2.75) is 45.6 Å². The molecule has 2 rings (SSSR count). The Morgan fingerprint density at radius 3 is 2.79 bits per heavy atom. The van der Waals surface area contributed by atoms with E-state index in [-0.39, 0.29) is 0 Å². The van der Waals surface area contributed by atoms with E-state index in [1.165, 1.54) is 12.8 Å². The van der Waals surface area contributed by atoms with Gasteiger partial charge in [-0.1, -0.05) is 13.3 Å². The summed E-state index contributed by atoms with van der Waals surface area (Å²) >= 11 is 0. The van der Waals surface area contributed by atoms with Crippen LogP contribution in [0.3, 0.4) is 0 Å². The Balaban J connectivity index is 1.87. The quantitative estimate of drug-likeness (QED) is 0.741. The van der Waals surface area contributed by atoms with Gasteiger partial charge < -0.3 is 15.4 Å². The van der Waals surface area contributed by atoms with Crippen LogP contribution >= 0.6 is 0 Å². The smallest absolute Gasteiger partial charge is 0.131 e. The third kappa shape index (κ3) is 4.67. The Morgan fingerprint density at radius 2 is 2.11 bits per heavy atom. The summed E-state index contributed by atoms with van der Waals surface area (Å²) < 4.78 is 5.59. The number of nitrogens with zero attached hydrogens (tertiary/aromatic N) is 2. The molecule has 1 aromatic rings. The monoisotopic (exact) mass is 264 g/mol. The molecule has 0 radical (unpaired) electrons. The second kappa shape index (κ2) is 7.28. The topological polar surface area (TPSA) is 59.1 Å². The van der Waals surface area contributed by atoms with Crippen molar-refractivity contribution in [1.29, 1.82) is 0 Å². The lowest BCUT2D eigenvalue weighted by Crippen LogP contribution is -2.19. The SMILES string of the molecule is CCCCNc1cc(NCC2CCCO2)nc(C)n1. The highest BCUT2D eigenvalue weighted by Crippen LogP contribution is 2.15. The molecule has 0 aromatic carbocycles. The van der Waals surface area contributed by atoms with Gasteiger partial charge in [-0.25, -0.2) is 9.97 Å². The molecule has 0 aliphatic carbocycles. The largest absolute Gasteiger partial charge is 0.376 e. The van der Waals surface area contributed by atoms with E-state index in [0.717, 1.165) is 50.0 Å². The average Bonchev–Trinajstić information content (AvgIpc) is 2.89. The van der Waals surface area contributed by atoms with Crippen LogP contribution in [0.5, 0.6) is 0 Å². The standard InChI is InChI=1S/C14H24N4O/c1-3-4-7-15-13-9-14(18-11(2)17-13)16-10-12-6-5-8-19-12/h9,12H,3-8,10H2,1-2H3,(H2,15,16,17,18). The first-order valence-corrected chi connectivity index (χ1v) is 7.23. The molecule has 1 aliphatic rings. The van der Waals surface area contributed by atoms with E-state index in [4.69, 9.17) is 4.74 Å². The highest BCUT2D eigenvalue weighted by atomic mass is 16.5. The van der Waals surface area contributed by atoms with Crippen molar-refractivity contribution < 1.29 is 4.74 Å².